The lowest BCUT2D eigenvalue weighted by atomic mass is 9.91. The largest absolute Gasteiger partial charge is 0.490 e. The first-order valence-corrected chi connectivity index (χ1v) is 17.6. The Morgan fingerprint density at radius 3 is 2.32 bits per heavy atom. The van der Waals surface area contributed by atoms with E-state index in [4.69, 9.17) is 9.84 Å². The van der Waals surface area contributed by atoms with Crippen LogP contribution in [0.15, 0.2) is 77.7 Å². The molecule has 2 amide bonds. The van der Waals surface area contributed by atoms with Crippen molar-refractivity contribution in [2.24, 2.45) is 5.92 Å². The van der Waals surface area contributed by atoms with E-state index in [2.05, 4.69) is 36.3 Å². The van der Waals surface area contributed by atoms with Crippen LogP contribution in [0, 0.1) is 12.8 Å². The highest BCUT2D eigenvalue weighted by Crippen LogP contribution is 2.35. The van der Waals surface area contributed by atoms with Gasteiger partial charge in [0.1, 0.15) is 18.2 Å². The number of sulfonamides is 1. The summed E-state index contributed by atoms with van der Waals surface area (Å²) in [5.41, 5.74) is 5.47. The predicted octanol–water partition coefficient (Wildman–Crippen LogP) is 6.59. The maximum atomic E-state index is 13.4. The van der Waals surface area contributed by atoms with Crippen LogP contribution in [0.4, 0.5) is 22.0 Å². The zero-order valence-electron chi connectivity index (χ0n) is 27.8. The highest BCUT2D eigenvalue weighted by Gasteiger charge is 2.31. The first kappa shape index (κ1) is 32.6. The molecule has 47 heavy (non-hydrogen) atoms. The molecule has 248 valence electrons. The number of hydrogen-bond acceptors (Lipinski definition) is 6. The van der Waals surface area contributed by atoms with E-state index < -0.39 is 10.0 Å². The summed E-state index contributed by atoms with van der Waals surface area (Å²) in [5.74, 6) is 1.59. The monoisotopic (exact) mass is 656 g/mol. The van der Waals surface area contributed by atoms with Gasteiger partial charge in [-0.1, -0.05) is 50.6 Å². The van der Waals surface area contributed by atoms with Crippen molar-refractivity contribution in [3.63, 3.8) is 0 Å². The van der Waals surface area contributed by atoms with E-state index in [1.807, 2.05) is 74.6 Å². The fraction of sp³-hybridized carbons (Fsp3) is 0.389. The van der Waals surface area contributed by atoms with Crippen LogP contribution in [-0.2, 0) is 21.9 Å². The van der Waals surface area contributed by atoms with Crippen LogP contribution in [-0.4, -0.2) is 61.8 Å². The lowest BCUT2D eigenvalue weighted by Gasteiger charge is -2.32. The topological polar surface area (TPSA) is 109 Å². The van der Waals surface area contributed by atoms with E-state index in [9.17, 15) is 13.2 Å². The van der Waals surface area contributed by atoms with Gasteiger partial charge in [0.2, 0.25) is 10.0 Å². The van der Waals surface area contributed by atoms with Crippen molar-refractivity contribution in [3.05, 3.63) is 89.6 Å². The number of amides is 2. The molecule has 0 unspecified atom stereocenters. The van der Waals surface area contributed by atoms with Gasteiger partial charge < -0.3 is 15.0 Å². The molecule has 2 N–H and O–H groups in total. The van der Waals surface area contributed by atoms with Gasteiger partial charge in [0, 0.05) is 43.4 Å². The number of piperidine rings is 1. The standard InChI is InChI=1S/C36H44N6O4S/c1-25-6-12-29(13-7-25)42-34(24-33(39-42)36(2,3)4)38-35(43)37-28-10-8-26(9-11-28)22-27-16-18-41(19-17-27)47(44,45)30-14-15-31-32(23-30)46-21-20-40(31)5/h6-15,23-24,27H,16-22H2,1-5H3,(H2,37,38,43). The molecule has 3 aromatic carbocycles. The van der Waals surface area contributed by atoms with Crippen molar-refractivity contribution in [2.45, 2.75) is 57.3 Å². The summed E-state index contributed by atoms with van der Waals surface area (Å²) in [6.45, 7) is 10.6. The third kappa shape index (κ3) is 7.31. The van der Waals surface area contributed by atoms with Gasteiger partial charge >= 0.3 is 6.03 Å². The van der Waals surface area contributed by atoms with Gasteiger partial charge in [-0.05, 0) is 74.1 Å². The average molecular weight is 657 g/mol. The van der Waals surface area contributed by atoms with Crippen molar-refractivity contribution < 1.29 is 17.9 Å². The summed E-state index contributed by atoms with van der Waals surface area (Å²) >= 11 is 0. The van der Waals surface area contributed by atoms with Gasteiger partial charge in [-0.15, -0.1) is 0 Å². The molecule has 0 atom stereocenters. The third-order valence-corrected chi connectivity index (χ3v) is 10.9. The predicted molar refractivity (Wildman–Crippen MR) is 186 cm³/mol. The molecule has 1 aromatic heterocycles. The first-order valence-electron chi connectivity index (χ1n) is 16.2. The number of aryl methyl sites for hydroxylation is 1. The van der Waals surface area contributed by atoms with Crippen LogP contribution in [0.25, 0.3) is 5.69 Å². The Balaban J connectivity index is 1.04. The van der Waals surface area contributed by atoms with E-state index in [0.29, 0.717) is 42.9 Å². The molecule has 4 aromatic rings. The van der Waals surface area contributed by atoms with Gasteiger partial charge in [0.25, 0.3) is 0 Å². The number of likely N-dealkylation sites (N-methyl/N-ethyl adjacent to an activating group) is 1. The van der Waals surface area contributed by atoms with Crippen LogP contribution >= 0.6 is 0 Å². The van der Waals surface area contributed by atoms with E-state index in [0.717, 1.165) is 54.0 Å². The summed E-state index contributed by atoms with van der Waals surface area (Å²) in [7, 11) is -1.61. The molecule has 1 fully saturated rings. The molecule has 11 heteroatoms. The SMILES string of the molecule is Cc1ccc(-n2nc(C(C)(C)C)cc2NC(=O)Nc2ccc(CC3CCN(S(=O)(=O)c4ccc5c(c4)OCCN5C)CC3)cc2)cc1. The zero-order valence-corrected chi connectivity index (χ0v) is 28.6. The number of anilines is 3. The normalized spacial score (nSPS) is 16.0. The summed E-state index contributed by atoms with van der Waals surface area (Å²) < 4.78 is 35.9. The molecular formula is C36H44N6O4S. The molecule has 0 spiro atoms. The molecule has 10 nitrogen and oxygen atoms in total. The molecule has 2 aliphatic rings. The Hall–Kier alpha value is -4.35. The summed E-state index contributed by atoms with van der Waals surface area (Å²) in [4.78, 5) is 15.4. The molecule has 3 heterocycles. The number of hydrogen-bond donors (Lipinski definition) is 2. The number of carbonyl (C=O) groups is 1. The van der Waals surface area contributed by atoms with Gasteiger partial charge in [-0.2, -0.15) is 9.40 Å². The number of rotatable bonds is 7. The summed E-state index contributed by atoms with van der Waals surface area (Å²) in [6.07, 6.45) is 2.43. The zero-order chi connectivity index (χ0) is 33.3. The van der Waals surface area contributed by atoms with E-state index >= 15 is 0 Å². The molecule has 0 bridgehead atoms. The van der Waals surface area contributed by atoms with Gasteiger partial charge in [-0.25, -0.2) is 17.9 Å². The number of aromatic nitrogens is 2. The maximum Gasteiger partial charge on any atom is 0.324 e. The summed E-state index contributed by atoms with van der Waals surface area (Å²) in [5, 5.41) is 10.7. The number of ether oxygens (including phenoxy) is 1. The Morgan fingerprint density at radius 1 is 0.936 bits per heavy atom. The molecule has 2 aliphatic heterocycles. The third-order valence-electron chi connectivity index (χ3n) is 8.97. The van der Waals surface area contributed by atoms with Crippen molar-refractivity contribution in [1.29, 1.82) is 0 Å². The Kier molecular flexibility index (Phi) is 9.04. The number of nitrogens with zero attached hydrogens (tertiary/aromatic N) is 4. The Labute approximate surface area is 277 Å². The molecule has 1 saturated heterocycles. The van der Waals surface area contributed by atoms with Crippen molar-refractivity contribution in [3.8, 4) is 11.4 Å². The first-order chi connectivity index (χ1) is 22.4. The Bertz CT molecular complexity index is 1840. The van der Waals surface area contributed by atoms with Crippen LogP contribution in [0.5, 0.6) is 5.75 Å². The molecule has 0 aliphatic carbocycles. The summed E-state index contributed by atoms with van der Waals surface area (Å²) in [6, 6.07) is 22.6. The highest BCUT2D eigenvalue weighted by molar-refractivity contribution is 7.89. The van der Waals surface area contributed by atoms with E-state index in [1.54, 1.807) is 21.1 Å². The second kappa shape index (κ2) is 13.0. The van der Waals surface area contributed by atoms with E-state index in [1.165, 1.54) is 0 Å². The van der Waals surface area contributed by atoms with Crippen LogP contribution in [0.3, 0.4) is 0 Å². The van der Waals surface area contributed by atoms with Gasteiger partial charge in [0.05, 0.1) is 28.5 Å². The Morgan fingerprint density at radius 2 is 1.64 bits per heavy atom. The van der Waals surface area contributed by atoms with Crippen molar-refractivity contribution in [1.82, 2.24) is 14.1 Å². The van der Waals surface area contributed by atoms with Crippen LogP contribution in [0.2, 0.25) is 0 Å². The maximum absolute atomic E-state index is 13.4. The molecule has 0 saturated carbocycles. The van der Waals surface area contributed by atoms with Crippen LogP contribution < -0.4 is 20.3 Å². The van der Waals surface area contributed by atoms with Crippen LogP contribution in [0.1, 0.15) is 50.4 Å². The number of benzene rings is 3. The second-order valence-electron chi connectivity index (χ2n) is 13.6. The lowest BCUT2D eigenvalue weighted by molar-refractivity contribution is 0.262. The minimum atomic E-state index is -3.59. The smallest absolute Gasteiger partial charge is 0.324 e. The van der Waals surface area contributed by atoms with Gasteiger partial charge in [0.15, 0.2) is 0 Å². The second-order valence-corrected chi connectivity index (χ2v) is 15.6. The molecule has 0 radical (unpaired) electrons. The van der Waals surface area contributed by atoms with Crippen molar-refractivity contribution >= 4 is 33.2 Å². The average Bonchev–Trinajstić information content (AvgIpc) is 3.47. The number of nitrogens with one attached hydrogen (secondary N) is 2. The van der Waals surface area contributed by atoms with E-state index in [-0.39, 0.29) is 16.3 Å². The minimum Gasteiger partial charge on any atom is -0.490 e. The number of urea groups is 1. The highest BCUT2D eigenvalue weighted by atomic mass is 32.2. The van der Waals surface area contributed by atoms with Gasteiger partial charge in [-0.3, -0.25) is 5.32 Å². The molecule has 6 rings (SSSR count). The van der Waals surface area contributed by atoms with Crippen molar-refractivity contribution in [2.75, 3.05) is 48.8 Å². The molecular weight excluding hydrogens is 613 g/mol. The lowest BCUT2D eigenvalue weighted by Crippen LogP contribution is -2.39. The minimum absolute atomic E-state index is 0.183. The number of carbonyl (C=O) groups excluding carboxylic acids is 1. The quantitative estimate of drug-likeness (QED) is 0.232. The fourth-order valence-electron chi connectivity index (χ4n) is 6.06. The fourth-order valence-corrected chi connectivity index (χ4v) is 7.54. The number of fused-ring (bicyclic) bond motifs is 1.